The molecule has 1 heterocycles. The molecule has 1 aromatic rings. The maximum absolute atomic E-state index is 13.2. The number of benzene rings is 1. The van der Waals surface area contributed by atoms with E-state index in [9.17, 15) is 14.0 Å². The molecule has 0 N–H and O–H groups in total. The SMILES string of the molecule is CC(=O)SC1CC(=O)N(c2ccc(F)c(C#N)c2)C1. The number of amides is 1. The lowest BCUT2D eigenvalue weighted by Gasteiger charge is -2.16. The zero-order valence-electron chi connectivity index (χ0n) is 10.2. The van der Waals surface area contributed by atoms with Crippen molar-refractivity contribution in [3.05, 3.63) is 29.6 Å². The molecule has 0 aromatic heterocycles. The van der Waals surface area contributed by atoms with E-state index in [1.807, 2.05) is 0 Å². The van der Waals surface area contributed by atoms with E-state index in [2.05, 4.69) is 0 Å². The zero-order chi connectivity index (χ0) is 14.0. The summed E-state index contributed by atoms with van der Waals surface area (Å²) in [5, 5.41) is 8.67. The first kappa shape index (κ1) is 13.6. The minimum atomic E-state index is -0.604. The minimum Gasteiger partial charge on any atom is -0.311 e. The molecule has 0 bridgehead atoms. The monoisotopic (exact) mass is 278 g/mol. The van der Waals surface area contributed by atoms with E-state index in [0.717, 1.165) is 11.8 Å². The molecule has 1 atom stereocenters. The van der Waals surface area contributed by atoms with Crippen LogP contribution in [-0.2, 0) is 9.59 Å². The molecule has 4 nitrogen and oxygen atoms in total. The molecule has 0 radical (unpaired) electrons. The van der Waals surface area contributed by atoms with E-state index < -0.39 is 5.82 Å². The largest absolute Gasteiger partial charge is 0.311 e. The Bertz CT molecular complexity index is 582. The molecule has 2 rings (SSSR count). The molecular weight excluding hydrogens is 267 g/mol. The van der Waals surface area contributed by atoms with Crippen LogP contribution in [0, 0.1) is 17.1 Å². The van der Waals surface area contributed by atoms with Crippen molar-refractivity contribution in [3.63, 3.8) is 0 Å². The first-order chi connectivity index (χ1) is 9.01. The van der Waals surface area contributed by atoms with Crippen LogP contribution in [0.1, 0.15) is 18.9 Å². The molecule has 0 saturated carbocycles. The van der Waals surface area contributed by atoms with Gasteiger partial charge in [0.1, 0.15) is 11.9 Å². The summed E-state index contributed by atoms with van der Waals surface area (Å²) in [6.07, 6.45) is 0.281. The lowest BCUT2D eigenvalue weighted by Crippen LogP contribution is -2.25. The fourth-order valence-electron chi connectivity index (χ4n) is 2.00. The molecule has 1 unspecified atom stereocenters. The molecule has 1 aliphatic rings. The van der Waals surface area contributed by atoms with Gasteiger partial charge in [-0.25, -0.2) is 4.39 Å². The summed E-state index contributed by atoms with van der Waals surface area (Å²) in [4.78, 5) is 24.4. The van der Waals surface area contributed by atoms with Gasteiger partial charge in [-0.3, -0.25) is 9.59 Å². The third kappa shape index (κ3) is 2.93. The van der Waals surface area contributed by atoms with Gasteiger partial charge in [-0.15, -0.1) is 0 Å². The van der Waals surface area contributed by atoms with E-state index >= 15 is 0 Å². The Balaban J connectivity index is 2.21. The van der Waals surface area contributed by atoms with Gasteiger partial charge in [-0.2, -0.15) is 5.26 Å². The summed E-state index contributed by atoms with van der Waals surface area (Å²) in [5.41, 5.74) is 0.405. The molecule has 0 aliphatic carbocycles. The molecule has 1 aliphatic heterocycles. The van der Waals surface area contributed by atoms with Crippen molar-refractivity contribution in [3.8, 4) is 6.07 Å². The van der Waals surface area contributed by atoms with Gasteiger partial charge in [0.05, 0.1) is 5.56 Å². The summed E-state index contributed by atoms with van der Waals surface area (Å²) < 4.78 is 13.2. The highest BCUT2D eigenvalue weighted by Crippen LogP contribution is 2.29. The smallest absolute Gasteiger partial charge is 0.228 e. The molecule has 1 aromatic carbocycles. The Morgan fingerprint density at radius 2 is 2.32 bits per heavy atom. The topological polar surface area (TPSA) is 61.2 Å². The van der Waals surface area contributed by atoms with Crippen molar-refractivity contribution in [2.45, 2.75) is 18.6 Å². The summed E-state index contributed by atoms with van der Waals surface area (Å²) in [6, 6.07) is 5.74. The van der Waals surface area contributed by atoms with Crippen LogP contribution >= 0.6 is 11.8 Å². The number of thioether (sulfide) groups is 1. The van der Waals surface area contributed by atoms with E-state index in [0.29, 0.717) is 12.2 Å². The van der Waals surface area contributed by atoms with Crippen LogP contribution in [0.25, 0.3) is 0 Å². The Labute approximate surface area is 114 Å². The maximum Gasteiger partial charge on any atom is 0.228 e. The maximum atomic E-state index is 13.2. The van der Waals surface area contributed by atoms with Crippen molar-refractivity contribution in [2.24, 2.45) is 0 Å². The van der Waals surface area contributed by atoms with Crippen LogP contribution in [0.2, 0.25) is 0 Å². The van der Waals surface area contributed by atoms with Crippen LogP contribution in [0.15, 0.2) is 18.2 Å². The van der Waals surface area contributed by atoms with Crippen LogP contribution in [0.3, 0.4) is 0 Å². The second-order valence-corrected chi connectivity index (χ2v) is 5.69. The average molecular weight is 278 g/mol. The molecule has 1 amide bonds. The predicted octanol–water partition coefficient (Wildman–Crippen LogP) is 2.08. The fourth-order valence-corrected chi connectivity index (χ4v) is 2.92. The lowest BCUT2D eigenvalue weighted by atomic mass is 10.2. The highest BCUT2D eigenvalue weighted by molar-refractivity contribution is 8.14. The molecule has 6 heteroatoms. The lowest BCUT2D eigenvalue weighted by molar-refractivity contribution is -0.117. The van der Waals surface area contributed by atoms with E-state index in [1.165, 1.54) is 30.0 Å². The molecule has 98 valence electrons. The van der Waals surface area contributed by atoms with Crippen molar-refractivity contribution >= 4 is 28.5 Å². The molecule has 0 spiro atoms. The summed E-state index contributed by atoms with van der Waals surface area (Å²) >= 11 is 1.14. The summed E-state index contributed by atoms with van der Waals surface area (Å²) in [6.45, 7) is 1.86. The van der Waals surface area contributed by atoms with Crippen molar-refractivity contribution in [1.82, 2.24) is 0 Å². The molecule has 1 saturated heterocycles. The standard InChI is InChI=1S/C13H11FN2O2S/c1-8(17)19-11-5-13(18)16(7-11)10-2-3-12(14)9(4-10)6-15/h2-4,11H,5,7H2,1H3. The van der Waals surface area contributed by atoms with Crippen molar-refractivity contribution in [2.75, 3.05) is 11.4 Å². The predicted molar refractivity (Wildman–Crippen MR) is 70.1 cm³/mol. The number of anilines is 1. The number of carbonyl (C=O) groups is 2. The number of rotatable bonds is 2. The Morgan fingerprint density at radius 3 is 2.95 bits per heavy atom. The van der Waals surface area contributed by atoms with E-state index in [1.54, 1.807) is 6.07 Å². The van der Waals surface area contributed by atoms with Crippen LogP contribution < -0.4 is 4.90 Å². The molecular formula is C13H11FN2O2S. The van der Waals surface area contributed by atoms with Crippen LogP contribution in [-0.4, -0.2) is 22.8 Å². The second kappa shape index (κ2) is 5.41. The molecule has 19 heavy (non-hydrogen) atoms. The van der Waals surface area contributed by atoms with E-state index in [4.69, 9.17) is 5.26 Å². The van der Waals surface area contributed by atoms with Crippen molar-refractivity contribution < 1.29 is 14.0 Å². The van der Waals surface area contributed by atoms with Crippen LogP contribution in [0.5, 0.6) is 0 Å². The number of nitriles is 1. The van der Waals surface area contributed by atoms with Gasteiger partial charge < -0.3 is 4.90 Å². The second-order valence-electron chi connectivity index (χ2n) is 4.22. The number of carbonyl (C=O) groups excluding carboxylic acids is 2. The van der Waals surface area contributed by atoms with Gasteiger partial charge in [0.15, 0.2) is 5.12 Å². The van der Waals surface area contributed by atoms with Gasteiger partial charge in [-0.05, 0) is 18.2 Å². The van der Waals surface area contributed by atoms with Gasteiger partial charge >= 0.3 is 0 Å². The zero-order valence-corrected chi connectivity index (χ0v) is 11.0. The number of hydrogen-bond acceptors (Lipinski definition) is 4. The first-order valence-electron chi connectivity index (χ1n) is 5.68. The van der Waals surface area contributed by atoms with Gasteiger partial charge in [-0.1, -0.05) is 11.8 Å². The number of nitrogens with zero attached hydrogens (tertiary/aromatic N) is 2. The third-order valence-corrected chi connectivity index (χ3v) is 3.79. The van der Waals surface area contributed by atoms with Gasteiger partial charge in [0.2, 0.25) is 5.91 Å². The van der Waals surface area contributed by atoms with Gasteiger partial charge in [0, 0.05) is 30.8 Å². The molecule has 1 fully saturated rings. The highest BCUT2D eigenvalue weighted by Gasteiger charge is 2.32. The fraction of sp³-hybridized carbons (Fsp3) is 0.308. The number of halogens is 1. The minimum absolute atomic E-state index is 0.0310. The van der Waals surface area contributed by atoms with Gasteiger partial charge in [0.25, 0.3) is 0 Å². The Morgan fingerprint density at radius 1 is 1.58 bits per heavy atom. The number of hydrogen-bond donors (Lipinski definition) is 0. The summed E-state index contributed by atoms with van der Waals surface area (Å²) in [5.74, 6) is -0.721. The first-order valence-corrected chi connectivity index (χ1v) is 6.56. The normalized spacial score (nSPS) is 18.5. The Hall–Kier alpha value is -1.87. The third-order valence-electron chi connectivity index (χ3n) is 2.80. The quantitative estimate of drug-likeness (QED) is 0.831. The average Bonchev–Trinajstić information content (AvgIpc) is 2.70. The van der Waals surface area contributed by atoms with Crippen molar-refractivity contribution in [1.29, 1.82) is 5.26 Å². The highest BCUT2D eigenvalue weighted by atomic mass is 32.2. The van der Waals surface area contributed by atoms with E-state index in [-0.39, 0.29) is 28.3 Å². The Kier molecular flexibility index (Phi) is 3.86. The van der Waals surface area contributed by atoms with Crippen LogP contribution in [0.4, 0.5) is 10.1 Å². The summed E-state index contributed by atoms with van der Waals surface area (Å²) in [7, 11) is 0.